The molecule has 0 aromatic heterocycles. The normalized spacial score (nSPS) is 20.2. The minimum Gasteiger partial charge on any atom is -0.492 e. The van der Waals surface area contributed by atoms with E-state index in [0.29, 0.717) is 11.1 Å². The molecule has 3 heteroatoms. The average molecular weight is 254 g/mol. The maximum atomic E-state index is 6.08. The quantitative estimate of drug-likeness (QED) is 0.886. The topological polar surface area (TPSA) is 21.3 Å². The molecular formula is C14H20ClNO. The number of hydrogen-bond acceptors (Lipinski definition) is 2. The maximum Gasteiger partial charge on any atom is 0.138 e. The number of nitrogens with one attached hydrogen (secondary N) is 1. The van der Waals surface area contributed by atoms with Crippen molar-refractivity contribution in [2.75, 3.05) is 13.2 Å². The highest BCUT2D eigenvalue weighted by molar-refractivity contribution is 6.32. The molecule has 94 valence electrons. The number of hydrogen-bond donors (Lipinski definition) is 1. The molecule has 1 fully saturated rings. The Bertz CT molecular complexity index is 361. The van der Waals surface area contributed by atoms with Gasteiger partial charge in [0.25, 0.3) is 0 Å². The van der Waals surface area contributed by atoms with E-state index in [0.717, 1.165) is 25.3 Å². The number of benzene rings is 1. The SMILES string of the molecule is Cc1ccc(Cl)c(OCCC2CCCCN2)c1. The highest BCUT2D eigenvalue weighted by Crippen LogP contribution is 2.25. The van der Waals surface area contributed by atoms with Crippen LogP contribution in [0.25, 0.3) is 0 Å². The van der Waals surface area contributed by atoms with E-state index in [9.17, 15) is 0 Å². The van der Waals surface area contributed by atoms with Crippen LogP contribution in [-0.4, -0.2) is 19.2 Å². The lowest BCUT2D eigenvalue weighted by Gasteiger charge is -2.23. The molecule has 1 unspecified atom stereocenters. The van der Waals surface area contributed by atoms with Crippen molar-refractivity contribution >= 4 is 11.6 Å². The maximum absolute atomic E-state index is 6.08. The number of ether oxygens (including phenoxy) is 1. The fourth-order valence-corrected chi connectivity index (χ4v) is 2.37. The minimum atomic E-state index is 0.618. The van der Waals surface area contributed by atoms with Crippen molar-refractivity contribution in [3.05, 3.63) is 28.8 Å². The van der Waals surface area contributed by atoms with Crippen LogP contribution in [0.2, 0.25) is 5.02 Å². The second-order valence-electron chi connectivity index (χ2n) is 4.72. The summed E-state index contributed by atoms with van der Waals surface area (Å²) in [6, 6.07) is 6.51. The number of aryl methyl sites for hydroxylation is 1. The van der Waals surface area contributed by atoms with Crippen LogP contribution in [0.3, 0.4) is 0 Å². The Morgan fingerprint density at radius 1 is 1.41 bits per heavy atom. The van der Waals surface area contributed by atoms with Gasteiger partial charge in [0, 0.05) is 6.04 Å². The van der Waals surface area contributed by atoms with E-state index in [-0.39, 0.29) is 0 Å². The molecule has 0 aliphatic carbocycles. The van der Waals surface area contributed by atoms with Gasteiger partial charge >= 0.3 is 0 Å². The van der Waals surface area contributed by atoms with E-state index in [1.165, 1.54) is 24.8 Å². The second-order valence-corrected chi connectivity index (χ2v) is 5.13. The van der Waals surface area contributed by atoms with Gasteiger partial charge in [-0.2, -0.15) is 0 Å². The Balaban J connectivity index is 1.79. The molecule has 1 saturated heterocycles. The summed E-state index contributed by atoms with van der Waals surface area (Å²) in [6.07, 6.45) is 4.97. The molecule has 17 heavy (non-hydrogen) atoms. The van der Waals surface area contributed by atoms with Crippen molar-refractivity contribution in [2.45, 2.75) is 38.6 Å². The number of halogens is 1. The first-order valence-electron chi connectivity index (χ1n) is 6.38. The molecule has 0 saturated carbocycles. The number of piperidine rings is 1. The summed E-state index contributed by atoms with van der Waals surface area (Å²) in [5, 5.41) is 4.22. The molecule has 1 N–H and O–H groups in total. The molecule has 1 aromatic carbocycles. The predicted molar refractivity (Wildman–Crippen MR) is 71.9 cm³/mol. The fourth-order valence-electron chi connectivity index (χ4n) is 2.20. The summed E-state index contributed by atoms with van der Waals surface area (Å²) >= 11 is 6.08. The lowest BCUT2D eigenvalue weighted by atomic mass is 10.0. The monoisotopic (exact) mass is 253 g/mol. The first kappa shape index (κ1) is 12.7. The lowest BCUT2D eigenvalue weighted by molar-refractivity contribution is 0.268. The van der Waals surface area contributed by atoms with Gasteiger partial charge in [0.2, 0.25) is 0 Å². The van der Waals surface area contributed by atoms with Crippen LogP contribution in [0.5, 0.6) is 5.75 Å². The molecule has 1 heterocycles. The molecule has 1 atom stereocenters. The molecular weight excluding hydrogens is 234 g/mol. The summed E-state index contributed by atoms with van der Waals surface area (Å²) in [7, 11) is 0. The largest absolute Gasteiger partial charge is 0.492 e. The summed E-state index contributed by atoms with van der Waals surface area (Å²) < 4.78 is 5.75. The molecule has 2 nitrogen and oxygen atoms in total. The van der Waals surface area contributed by atoms with Crippen molar-refractivity contribution in [3.63, 3.8) is 0 Å². The van der Waals surface area contributed by atoms with Crippen molar-refractivity contribution < 1.29 is 4.74 Å². The molecule has 1 aliphatic rings. The molecule has 0 spiro atoms. The van der Waals surface area contributed by atoms with Crippen LogP contribution in [-0.2, 0) is 0 Å². The van der Waals surface area contributed by atoms with Gasteiger partial charge in [-0.15, -0.1) is 0 Å². The first-order chi connectivity index (χ1) is 8.25. The van der Waals surface area contributed by atoms with E-state index >= 15 is 0 Å². The second kappa shape index (κ2) is 6.27. The molecule has 1 aliphatic heterocycles. The fraction of sp³-hybridized carbons (Fsp3) is 0.571. The van der Waals surface area contributed by atoms with Crippen molar-refractivity contribution in [1.82, 2.24) is 5.32 Å². The molecule has 1 aromatic rings. The highest BCUT2D eigenvalue weighted by Gasteiger charge is 2.12. The average Bonchev–Trinajstić information content (AvgIpc) is 2.35. The zero-order valence-electron chi connectivity index (χ0n) is 10.3. The Morgan fingerprint density at radius 2 is 2.29 bits per heavy atom. The summed E-state index contributed by atoms with van der Waals surface area (Å²) in [5.41, 5.74) is 1.18. The van der Waals surface area contributed by atoms with E-state index in [2.05, 4.69) is 5.32 Å². The molecule has 0 amide bonds. The van der Waals surface area contributed by atoms with E-state index < -0.39 is 0 Å². The Labute approximate surface area is 108 Å². The van der Waals surface area contributed by atoms with Gasteiger partial charge < -0.3 is 10.1 Å². The van der Waals surface area contributed by atoms with Gasteiger partial charge in [0.05, 0.1) is 11.6 Å². The van der Waals surface area contributed by atoms with E-state index in [1.807, 2.05) is 25.1 Å². The van der Waals surface area contributed by atoms with Gasteiger partial charge in [-0.25, -0.2) is 0 Å². The van der Waals surface area contributed by atoms with Gasteiger partial charge in [0.1, 0.15) is 5.75 Å². The first-order valence-corrected chi connectivity index (χ1v) is 6.76. The van der Waals surface area contributed by atoms with Crippen LogP contribution in [0, 0.1) is 6.92 Å². The van der Waals surface area contributed by atoms with Gasteiger partial charge in [0.15, 0.2) is 0 Å². The molecule has 0 radical (unpaired) electrons. The Morgan fingerprint density at radius 3 is 3.06 bits per heavy atom. The zero-order chi connectivity index (χ0) is 12.1. The van der Waals surface area contributed by atoms with Crippen LogP contribution < -0.4 is 10.1 Å². The highest BCUT2D eigenvalue weighted by atomic mass is 35.5. The smallest absolute Gasteiger partial charge is 0.138 e. The third-order valence-electron chi connectivity index (χ3n) is 3.22. The van der Waals surface area contributed by atoms with Crippen LogP contribution in [0.15, 0.2) is 18.2 Å². The summed E-state index contributed by atoms with van der Waals surface area (Å²) in [6.45, 7) is 3.93. The molecule has 0 bridgehead atoms. The van der Waals surface area contributed by atoms with Crippen molar-refractivity contribution in [2.24, 2.45) is 0 Å². The number of rotatable bonds is 4. The lowest BCUT2D eigenvalue weighted by Crippen LogP contribution is -2.35. The minimum absolute atomic E-state index is 0.618. The van der Waals surface area contributed by atoms with Crippen LogP contribution in [0.4, 0.5) is 0 Å². The van der Waals surface area contributed by atoms with E-state index in [4.69, 9.17) is 16.3 Å². The zero-order valence-corrected chi connectivity index (χ0v) is 11.1. The predicted octanol–water partition coefficient (Wildman–Crippen LogP) is 3.56. The van der Waals surface area contributed by atoms with Gasteiger partial charge in [-0.05, 0) is 50.4 Å². The van der Waals surface area contributed by atoms with Crippen molar-refractivity contribution in [3.8, 4) is 5.75 Å². The third kappa shape index (κ3) is 3.90. The van der Waals surface area contributed by atoms with Gasteiger partial charge in [-0.1, -0.05) is 24.1 Å². The summed E-state index contributed by atoms with van der Waals surface area (Å²) in [4.78, 5) is 0. The standard InChI is InChI=1S/C14H20ClNO/c1-11-5-6-13(15)14(10-11)17-9-7-12-4-2-3-8-16-12/h5-6,10,12,16H,2-4,7-9H2,1H3. The summed E-state index contributed by atoms with van der Waals surface area (Å²) in [5.74, 6) is 0.808. The van der Waals surface area contributed by atoms with Crippen LogP contribution >= 0.6 is 11.6 Å². The van der Waals surface area contributed by atoms with Crippen LogP contribution in [0.1, 0.15) is 31.2 Å². The molecule has 2 rings (SSSR count). The Kier molecular flexibility index (Phi) is 4.69. The Hall–Kier alpha value is -0.730. The van der Waals surface area contributed by atoms with Gasteiger partial charge in [-0.3, -0.25) is 0 Å². The van der Waals surface area contributed by atoms with Crippen molar-refractivity contribution in [1.29, 1.82) is 0 Å². The van der Waals surface area contributed by atoms with E-state index in [1.54, 1.807) is 0 Å². The third-order valence-corrected chi connectivity index (χ3v) is 3.54.